The fourth-order valence-corrected chi connectivity index (χ4v) is 5.44. The number of rotatable bonds is 6. The van der Waals surface area contributed by atoms with E-state index in [1.54, 1.807) is 12.1 Å². The Bertz CT molecular complexity index is 842. The van der Waals surface area contributed by atoms with Crippen molar-refractivity contribution in [2.24, 2.45) is 5.92 Å². The standard InChI is InChI=1S/C23H30FN5O/c24-21-13-20(29-9-7-28(8-10-29)19-5-6-19)4-2-15(21)11-18(14-25)27-23(30)22-16-1-3-17(12-16)26-22/h2,4,13,16-19,22,26H,1,3,5-12H2,(H,27,30)/t16-,17+,18-,22-/m0/s1. The third-order valence-electron chi connectivity index (χ3n) is 7.32. The molecule has 4 atom stereocenters. The normalized spacial score (nSPS) is 29.6. The molecule has 0 spiro atoms. The lowest BCUT2D eigenvalue weighted by molar-refractivity contribution is -0.124. The highest BCUT2D eigenvalue weighted by molar-refractivity contribution is 5.83. The van der Waals surface area contributed by atoms with E-state index in [-0.39, 0.29) is 24.2 Å². The van der Waals surface area contributed by atoms with Crippen LogP contribution in [-0.2, 0) is 11.2 Å². The van der Waals surface area contributed by atoms with Crippen LogP contribution in [0.1, 0.15) is 37.7 Å². The zero-order chi connectivity index (χ0) is 20.7. The highest BCUT2D eigenvalue weighted by atomic mass is 19.1. The average molecular weight is 412 g/mol. The molecule has 0 aromatic heterocycles. The van der Waals surface area contributed by atoms with E-state index in [0.717, 1.165) is 57.2 Å². The van der Waals surface area contributed by atoms with Gasteiger partial charge in [0.1, 0.15) is 11.9 Å². The second-order valence-corrected chi connectivity index (χ2v) is 9.34. The zero-order valence-electron chi connectivity index (χ0n) is 17.3. The first-order valence-electron chi connectivity index (χ1n) is 11.3. The number of piperidine rings is 1. The summed E-state index contributed by atoms with van der Waals surface area (Å²) in [6.45, 7) is 3.91. The van der Waals surface area contributed by atoms with Crippen molar-refractivity contribution in [3.63, 3.8) is 0 Å². The van der Waals surface area contributed by atoms with Crippen molar-refractivity contribution in [1.82, 2.24) is 15.5 Å². The molecule has 160 valence electrons. The zero-order valence-corrected chi connectivity index (χ0v) is 17.3. The molecule has 2 N–H and O–H groups in total. The Morgan fingerprint density at radius 2 is 2.03 bits per heavy atom. The molecule has 6 nitrogen and oxygen atoms in total. The topological polar surface area (TPSA) is 71.4 Å². The van der Waals surface area contributed by atoms with Crippen LogP contribution in [0.15, 0.2) is 18.2 Å². The van der Waals surface area contributed by atoms with Gasteiger partial charge in [-0.15, -0.1) is 0 Å². The molecule has 2 saturated heterocycles. The van der Waals surface area contributed by atoms with Crippen LogP contribution in [0, 0.1) is 23.1 Å². The van der Waals surface area contributed by atoms with Crippen molar-refractivity contribution in [3.8, 4) is 6.07 Å². The van der Waals surface area contributed by atoms with Crippen LogP contribution >= 0.6 is 0 Å². The molecule has 7 heteroatoms. The third kappa shape index (κ3) is 4.03. The molecule has 2 saturated carbocycles. The third-order valence-corrected chi connectivity index (χ3v) is 7.32. The quantitative estimate of drug-likeness (QED) is 0.747. The number of amides is 1. The number of nitrogens with one attached hydrogen (secondary N) is 2. The van der Waals surface area contributed by atoms with E-state index in [1.165, 1.54) is 12.8 Å². The van der Waals surface area contributed by atoms with Crippen molar-refractivity contribution < 1.29 is 9.18 Å². The Hall–Kier alpha value is -2.17. The summed E-state index contributed by atoms with van der Waals surface area (Å²) in [5, 5.41) is 15.7. The van der Waals surface area contributed by atoms with Crippen molar-refractivity contribution in [1.29, 1.82) is 5.26 Å². The van der Waals surface area contributed by atoms with Gasteiger partial charge in [-0.2, -0.15) is 5.26 Å². The Labute approximate surface area is 177 Å². The van der Waals surface area contributed by atoms with E-state index in [9.17, 15) is 14.4 Å². The lowest BCUT2D eigenvalue weighted by Crippen LogP contribution is -2.50. The SMILES string of the molecule is N#C[C@H](Cc1ccc(N2CCN(C3CC3)CC2)cc1F)NC(=O)[C@H]1N[C@@H]2CC[C@H]1C2. The van der Waals surface area contributed by atoms with E-state index in [0.29, 0.717) is 17.5 Å². The monoisotopic (exact) mass is 411 g/mol. The van der Waals surface area contributed by atoms with E-state index in [1.807, 2.05) is 6.07 Å². The van der Waals surface area contributed by atoms with Gasteiger partial charge in [0.25, 0.3) is 0 Å². The minimum Gasteiger partial charge on any atom is -0.369 e. The maximum atomic E-state index is 14.8. The van der Waals surface area contributed by atoms with E-state index in [2.05, 4.69) is 26.5 Å². The van der Waals surface area contributed by atoms with Crippen LogP contribution in [0.5, 0.6) is 0 Å². The number of anilines is 1. The fraction of sp³-hybridized carbons (Fsp3) is 0.652. The summed E-state index contributed by atoms with van der Waals surface area (Å²) in [5.74, 6) is -0.0604. The summed E-state index contributed by atoms with van der Waals surface area (Å²) in [4.78, 5) is 17.4. The van der Waals surface area contributed by atoms with Gasteiger partial charge in [-0.25, -0.2) is 4.39 Å². The minimum absolute atomic E-state index is 0.126. The van der Waals surface area contributed by atoms with Gasteiger partial charge >= 0.3 is 0 Å². The molecule has 1 aromatic carbocycles. The highest BCUT2D eigenvalue weighted by Crippen LogP contribution is 2.35. The molecule has 2 bridgehead atoms. The molecule has 2 aliphatic heterocycles. The van der Waals surface area contributed by atoms with Gasteiger partial charge in [-0.3, -0.25) is 9.69 Å². The number of nitriles is 1. The van der Waals surface area contributed by atoms with Gasteiger partial charge in [-0.1, -0.05) is 6.07 Å². The molecule has 2 heterocycles. The molecule has 5 rings (SSSR count). The first kappa shape index (κ1) is 19.8. The predicted octanol–water partition coefficient (Wildman–Crippen LogP) is 1.80. The number of carbonyl (C=O) groups is 1. The molecular weight excluding hydrogens is 381 g/mol. The smallest absolute Gasteiger partial charge is 0.238 e. The Kier molecular flexibility index (Phi) is 5.38. The lowest BCUT2D eigenvalue weighted by atomic mass is 9.98. The molecule has 4 aliphatic rings. The van der Waals surface area contributed by atoms with Crippen LogP contribution in [0.25, 0.3) is 0 Å². The van der Waals surface area contributed by atoms with Crippen LogP contribution in [-0.4, -0.2) is 61.2 Å². The van der Waals surface area contributed by atoms with E-state index < -0.39 is 6.04 Å². The van der Waals surface area contributed by atoms with E-state index >= 15 is 0 Å². The summed E-state index contributed by atoms with van der Waals surface area (Å²) in [7, 11) is 0. The number of hydrogen-bond acceptors (Lipinski definition) is 5. The van der Waals surface area contributed by atoms with Gasteiger partial charge in [0.05, 0.1) is 12.1 Å². The summed E-state index contributed by atoms with van der Waals surface area (Å²) in [6.07, 6.45) is 6.06. The highest BCUT2D eigenvalue weighted by Gasteiger charge is 2.43. The Balaban J connectivity index is 1.18. The van der Waals surface area contributed by atoms with Gasteiger partial charge in [-0.05, 0) is 55.7 Å². The van der Waals surface area contributed by atoms with Crippen molar-refractivity contribution in [3.05, 3.63) is 29.6 Å². The molecule has 4 fully saturated rings. The van der Waals surface area contributed by atoms with E-state index in [4.69, 9.17) is 0 Å². The number of piperazine rings is 1. The Morgan fingerprint density at radius 3 is 2.63 bits per heavy atom. The maximum absolute atomic E-state index is 14.8. The fourth-order valence-electron chi connectivity index (χ4n) is 5.44. The summed E-state index contributed by atoms with van der Waals surface area (Å²) in [6, 6.07) is 7.70. The van der Waals surface area contributed by atoms with Crippen molar-refractivity contribution in [2.45, 2.75) is 62.7 Å². The summed E-state index contributed by atoms with van der Waals surface area (Å²) in [5.41, 5.74) is 1.37. The first-order valence-corrected chi connectivity index (χ1v) is 11.3. The largest absolute Gasteiger partial charge is 0.369 e. The van der Waals surface area contributed by atoms with Gasteiger partial charge in [0.15, 0.2) is 0 Å². The van der Waals surface area contributed by atoms with Crippen LogP contribution in [0.4, 0.5) is 10.1 Å². The molecule has 1 aromatic rings. The average Bonchev–Trinajstić information content (AvgIpc) is 3.40. The van der Waals surface area contributed by atoms with Crippen molar-refractivity contribution in [2.75, 3.05) is 31.1 Å². The summed E-state index contributed by atoms with van der Waals surface area (Å²) < 4.78 is 14.8. The molecular formula is C23H30FN5O. The van der Waals surface area contributed by atoms with Gasteiger partial charge in [0.2, 0.25) is 5.91 Å². The van der Waals surface area contributed by atoms with Crippen LogP contribution < -0.4 is 15.5 Å². The molecule has 0 radical (unpaired) electrons. The number of fused-ring (bicyclic) bond motifs is 2. The van der Waals surface area contributed by atoms with Crippen molar-refractivity contribution >= 4 is 11.6 Å². The van der Waals surface area contributed by atoms with Gasteiger partial charge in [0, 0.05) is 50.4 Å². The molecule has 1 amide bonds. The first-order chi connectivity index (χ1) is 14.6. The predicted molar refractivity (Wildman–Crippen MR) is 113 cm³/mol. The lowest BCUT2D eigenvalue weighted by Gasteiger charge is -2.36. The Morgan fingerprint density at radius 1 is 1.23 bits per heavy atom. The number of halogens is 1. The number of nitrogens with zero attached hydrogens (tertiary/aromatic N) is 3. The minimum atomic E-state index is -0.721. The molecule has 30 heavy (non-hydrogen) atoms. The van der Waals surface area contributed by atoms with Crippen LogP contribution in [0.2, 0.25) is 0 Å². The number of carbonyl (C=O) groups excluding carboxylic acids is 1. The molecule has 2 aliphatic carbocycles. The number of benzene rings is 1. The number of hydrogen-bond donors (Lipinski definition) is 2. The maximum Gasteiger partial charge on any atom is 0.238 e. The second-order valence-electron chi connectivity index (χ2n) is 9.34. The van der Waals surface area contributed by atoms with Gasteiger partial charge < -0.3 is 15.5 Å². The molecule has 0 unspecified atom stereocenters. The summed E-state index contributed by atoms with van der Waals surface area (Å²) >= 11 is 0. The second kappa shape index (κ2) is 8.16. The van der Waals surface area contributed by atoms with Crippen LogP contribution in [0.3, 0.4) is 0 Å².